The zero-order valence-corrected chi connectivity index (χ0v) is 16.6. The number of hydrogen-bond donors (Lipinski definition) is 3. The molecule has 0 bridgehead atoms. The fourth-order valence-corrected chi connectivity index (χ4v) is 2.91. The van der Waals surface area contributed by atoms with Crippen LogP contribution in [0.1, 0.15) is 31.0 Å². The van der Waals surface area contributed by atoms with Crippen LogP contribution in [0, 0.1) is 22.5 Å². The van der Waals surface area contributed by atoms with E-state index in [4.69, 9.17) is 15.9 Å². The van der Waals surface area contributed by atoms with Gasteiger partial charge in [0.25, 0.3) is 0 Å². The standard InChI is InChI=1S/C20H18F2N6O3/c1-10(18-13(21)8-15-12(19(18)22)4-3-7-25-15)20(24)28-16(23)6-5-14(26-28)11(2)27-31-9-17(29)30/h3-8,10,23-24H,9H2,1-2H3,(H,29,30)/b23-16?,24-20?,27-11+. The molecule has 3 rings (SSSR count). The molecule has 1 atom stereocenters. The van der Waals surface area contributed by atoms with E-state index in [0.717, 1.165) is 10.7 Å². The molecule has 11 heteroatoms. The van der Waals surface area contributed by atoms with Gasteiger partial charge in [-0.25, -0.2) is 18.3 Å². The van der Waals surface area contributed by atoms with E-state index in [1.165, 1.54) is 44.3 Å². The summed E-state index contributed by atoms with van der Waals surface area (Å²) < 4.78 is 30.6. The minimum absolute atomic E-state index is 0.120. The van der Waals surface area contributed by atoms with Crippen molar-refractivity contribution in [3.05, 3.63) is 64.9 Å². The molecule has 0 amide bonds. The SMILES string of the molecule is C/C(=N\OCC(=O)O)c1ccc(=N)n(C(=N)C(C)c2c(F)cc3ncccc3c2F)n1. The van der Waals surface area contributed by atoms with Gasteiger partial charge in [-0.05, 0) is 31.2 Å². The Bertz CT molecular complexity index is 1270. The van der Waals surface area contributed by atoms with Gasteiger partial charge in [0, 0.05) is 29.1 Å². The predicted octanol–water partition coefficient (Wildman–Crippen LogP) is 2.64. The number of carbonyl (C=O) groups is 1. The van der Waals surface area contributed by atoms with E-state index >= 15 is 4.39 Å². The second-order valence-electron chi connectivity index (χ2n) is 6.62. The van der Waals surface area contributed by atoms with E-state index in [0.29, 0.717) is 0 Å². The molecule has 1 aromatic carbocycles. The topological polar surface area (TPSA) is 137 Å². The van der Waals surface area contributed by atoms with Gasteiger partial charge in [-0.1, -0.05) is 12.1 Å². The molecule has 0 saturated carbocycles. The summed E-state index contributed by atoms with van der Waals surface area (Å²) in [7, 11) is 0. The molecule has 2 heterocycles. The number of aromatic nitrogens is 3. The number of carboxylic acids is 1. The van der Waals surface area contributed by atoms with Gasteiger partial charge in [0.05, 0.1) is 5.52 Å². The number of oxime groups is 1. The molecule has 1 unspecified atom stereocenters. The van der Waals surface area contributed by atoms with E-state index in [-0.39, 0.29) is 39.2 Å². The number of pyridine rings is 1. The van der Waals surface area contributed by atoms with Crippen LogP contribution >= 0.6 is 0 Å². The summed E-state index contributed by atoms with van der Waals surface area (Å²) >= 11 is 0. The number of nitrogens with one attached hydrogen (secondary N) is 2. The van der Waals surface area contributed by atoms with Gasteiger partial charge in [0.2, 0.25) is 6.61 Å². The molecule has 0 spiro atoms. The van der Waals surface area contributed by atoms with Crippen LogP contribution in [-0.4, -0.2) is 44.0 Å². The van der Waals surface area contributed by atoms with Gasteiger partial charge >= 0.3 is 5.97 Å². The second-order valence-corrected chi connectivity index (χ2v) is 6.62. The highest BCUT2D eigenvalue weighted by molar-refractivity contribution is 5.97. The lowest BCUT2D eigenvalue weighted by molar-refractivity contribution is -0.142. The summed E-state index contributed by atoms with van der Waals surface area (Å²) in [4.78, 5) is 19.1. The molecule has 160 valence electrons. The molecular formula is C20H18F2N6O3. The minimum Gasteiger partial charge on any atom is -0.479 e. The van der Waals surface area contributed by atoms with Gasteiger partial charge in [-0.15, -0.1) is 0 Å². The molecular weight excluding hydrogens is 410 g/mol. The first-order chi connectivity index (χ1) is 14.7. The maximum absolute atomic E-state index is 15.0. The van der Waals surface area contributed by atoms with Crippen molar-refractivity contribution in [1.29, 1.82) is 10.8 Å². The highest BCUT2D eigenvalue weighted by Crippen LogP contribution is 2.29. The van der Waals surface area contributed by atoms with Gasteiger partial charge in [-0.2, -0.15) is 5.10 Å². The maximum Gasteiger partial charge on any atom is 0.344 e. The molecule has 0 radical (unpaired) electrons. The highest BCUT2D eigenvalue weighted by atomic mass is 19.1. The Labute approximate surface area is 174 Å². The molecule has 2 aromatic heterocycles. The summed E-state index contributed by atoms with van der Waals surface area (Å²) in [5, 5.41) is 32.9. The van der Waals surface area contributed by atoms with Crippen LogP contribution in [-0.2, 0) is 9.63 Å². The predicted molar refractivity (Wildman–Crippen MR) is 107 cm³/mol. The third-order valence-electron chi connectivity index (χ3n) is 4.50. The Hall–Kier alpha value is -4.02. The molecule has 31 heavy (non-hydrogen) atoms. The number of aliphatic carboxylic acids is 1. The Kier molecular flexibility index (Phi) is 6.14. The lowest BCUT2D eigenvalue weighted by Gasteiger charge is -2.18. The van der Waals surface area contributed by atoms with Crippen molar-refractivity contribution in [2.75, 3.05) is 6.61 Å². The molecule has 0 aliphatic heterocycles. The number of carboxylic acid groups (broad SMARTS) is 1. The molecule has 9 nitrogen and oxygen atoms in total. The first kappa shape index (κ1) is 21.7. The van der Waals surface area contributed by atoms with Gasteiger partial charge in [0.15, 0.2) is 0 Å². The Morgan fingerprint density at radius 3 is 2.81 bits per heavy atom. The van der Waals surface area contributed by atoms with Crippen molar-refractivity contribution >= 4 is 28.4 Å². The Balaban J connectivity index is 1.99. The molecule has 3 N–H and O–H groups in total. The van der Waals surface area contributed by atoms with E-state index in [2.05, 4.69) is 20.1 Å². The Morgan fingerprint density at radius 2 is 2.10 bits per heavy atom. The zero-order valence-electron chi connectivity index (χ0n) is 16.6. The van der Waals surface area contributed by atoms with Crippen molar-refractivity contribution in [2.24, 2.45) is 5.16 Å². The number of nitrogens with zero attached hydrogens (tertiary/aromatic N) is 4. The average molecular weight is 428 g/mol. The van der Waals surface area contributed by atoms with Crippen LogP contribution in [0.25, 0.3) is 10.9 Å². The van der Waals surface area contributed by atoms with Crippen LogP contribution in [0.15, 0.2) is 41.7 Å². The maximum atomic E-state index is 15.0. The van der Waals surface area contributed by atoms with Crippen LogP contribution < -0.4 is 5.49 Å². The largest absolute Gasteiger partial charge is 0.479 e. The number of fused-ring (bicyclic) bond motifs is 1. The third-order valence-corrected chi connectivity index (χ3v) is 4.50. The third kappa shape index (κ3) is 4.44. The fourth-order valence-electron chi connectivity index (χ4n) is 2.91. The van der Waals surface area contributed by atoms with E-state index in [9.17, 15) is 9.18 Å². The van der Waals surface area contributed by atoms with Crippen molar-refractivity contribution in [3.63, 3.8) is 0 Å². The number of benzene rings is 1. The first-order valence-electron chi connectivity index (χ1n) is 9.05. The number of rotatable bonds is 6. The van der Waals surface area contributed by atoms with Crippen molar-refractivity contribution < 1.29 is 23.5 Å². The molecule has 0 fully saturated rings. The quantitative estimate of drug-likeness (QED) is 0.315. The molecule has 0 aliphatic carbocycles. The van der Waals surface area contributed by atoms with Crippen molar-refractivity contribution in [3.8, 4) is 0 Å². The average Bonchev–Trinajstić information content (AvgIpc) is 2.73. The monoisotopic (exact) mass is 428 g/mol. The summed E-state index contributed by atoms with van der Waals surface area (Å²) in [5.41, 5.74) is 0.0247. The van der Waals surface area contributed by atoms with Gasteiger partial charge < -0.3 is 9.94 Å². The summed E-state index contributed by atoms with van der Waals surface area (Å²) in [6.45, 7) is 2.29. The minimum atomic E-state index is -1.20. The van der Waals surface area contributed by atoms with Crippen LogP contribution in [0.2, 0.25) is 0 Å². The van der Waals surface area contributed by atoms with Gasteiger partial charge in [-0.3, -0.25) is 15.8 Å². The van der Waals surface area contributed by atoms with Crippen LogP contribution in [0.3, 0.4) is 0 Å². The van der Waals surface area contributed by atoms with Gasteiger partial charge in [0.1, 0.15) is 34.4 Å². The van der Waals surface area contributed by atoms with E-state index < -0.39 is 30.1 Å². The van der Waals surface area contributed by atoms with Crippen molar-refractivity contribution in [1.82, 2.24) is 14.8 Å². The Morgan fingerprint density at radius 1 is 1.35 bits per heavy atom. The van der Waals surface area contributed by atoms with E-state index in [1.807, 2.05) is 0 Å². The normalized spacial score (nSPS) is 12.6. The van der Waals surface area contributed by atoms with E-state index in [1.54, 1.807) is 0 Å². The smallest absolute Gasteiger partial charge is 0.344 e. The van der Waals surface area contributed by atoms with Crippen molar-refractivity contribution in [2.45, 2.75) is 19.8 Å². The van der Waals surface area contributed by atoms with Crippen LogP contribution in [0.5, 0.6) is 0 Å². The lowest BCUT2D eigenvalue weighted by Crippen LogP contribution is -2.33. The second kappa shape index (κ2) is 8.78. The number of halogens is 2. The lowest BCUT2D eigenvalue weighted by atomic mass is 9.96. The zero-order chi connectivity index (χ0) is 22.7. The summed E-state index contributed by atoms with van der Waals surface area (Å²) in [6.07, 6.45) is 1.42. The summed E-state index contributed by atoms with van der Waals surface area (Å²) in [6, 6.07) is 6.86. The molecule has 3 aromatic rings. The summed E-state index contributed by atoms with van der Waals surface area (Å²) in [5.74, 6) is -4.31. The van der Waals surface area contributed by atoms with Crippen LogP contribution in [0.4, 0.5) is 8.78 Å². The molecule has 0 saturated heterocycles. The highest BCUT2D eigenvalue weighted by Gasteiger charge is 2.24. The number of hydrogen-bond acceptors (Lipinski definition) is 7. The fraction of sp³-hybridized carbons (Fsp3) is 0.200. The molecule has 0 aliphatic rings. The first-order valence-corrected chi connectivity index (χ1v) is 9.05.